The Morgan fingerprint density at radius 1 is 1.38 bits per heavy atom. The van der Waals surface area contributed by atoms with Crippen LogP contribution >= 0.6 is 0 Å². The van der Waals surface area contributed by atoms with Gasteiger partial charge in [0.25, 0.3) is 5.91 Å². The molecule has 2 aliphatic heterocycles. The van der Waals surface area contributed by atoms with E-state index in [1.54, 1.807) is 0 Å². The van der Waals surface area contributed by atoms with Crippen LogP contribution < -0.4 is 10.6 Å². The minimum absolute atomic E-state index is 0.249. The maximum absolute atomic E-state index is 12.2. The van der Waals surface area contributed by atoms with Gasteiger partial charge in [-0.1, -0.05) is 18.2 Å². The third kappa shape index (κ3) is 2.64. The number of aliphatic imine (C=N–C) groups is 1. The second-order valence-electron chi connectivity index (χ2n) is 5.68. The first-order chi connectivity index (χ1) is 11.4. The Balaban J connectivity index is 1.96. The number of guanidine groups is 1. The molecule has 2 unspecified atom stereocenters. The first kappa shape index (κ1) is 15.8. The third-order valence-corrected chi connectivity index (χ3v) is 4.06. The van der Waals surface area contributed by atoms with E-state index in [2.05, 4.69) is 15.6 Å². The van der Waals surface area contributed by atoms with Crippen molar-refractivity contribution < 1.29 is 19.5 Å². The van der Waals surface area contributed by atoms with Crippen molar-refractivity contribution in [2.45, 2.75) is 19.1 Å². The number of aryl methyl sites for hydroxylation is 1. The molecular weight excluding hydrogens is 314 g/mol. The number of para-hydroxylation sites is 1. The molecule has 2 atom stereocenters. The summed E-state index contributed by atoms with van der Waals surface area (Å²) in [4.78, 5) is 42.2. The number of urea groups is 1. The van der Waals surface area contributed by atoms with Gasteiger partial charge in [0.2, 0.25) is 5.96 Å². The molecule has 0 aromatic heterocycles. The predicted molar refractivity (Wildman–Crippen MR) is 85.5 cm³/mol. The van der Waals surface area contributed by atoms with Gasteiger partial charge in [0.15, 0.2) is 12.2 Å². The van der Waals surface area contributed by atoms with E-state index in [1.807, 2.05) is 31.2 Å². The van der Waals surface area contributed by atoms with Crippen LogP contribution in [-0.2, 0) is 9.59 Å². The second-order valence-corrected chi connectivity index (χ2v) is 5.68. The monoisotopic (exact) mass is 331 g/mol. The average Bonchev–Trinajstić information content (AvgIpc) is 2.86. The van der Waals surface area contributed by atoms with E-state index in [-0.39, 0.29) is 5.96 Å². The summed E-state index contributed by atoms with van der Waals surface area (Å²) in [5, 5.41) is 14.5. The molecule has 0 saturated carbocycles. The first-order valence-electron chi connectivity index (χ1n) is 7.35. The molecule has 0 radical (unpaired) electrons. The zero-order valence-electron chi connectivity index (χ0n) is 13.2. The fourth-order valence-corrected chi connectivity index (χ4v) is 2.78. The molecule has 9 nitrogen and oxygen atoms in total. The Hall–Kier alpha value is -3.10. The number of nitrogens with zero attached hydrogens (tertiary/aromatic N) is 3. The lowest BCUT2D eigenvalue weighted by Gasteiger charge is -2.35. The number of nitrogens with one attached hydrogen (secondary N) is 2. The summed E-state index contributed by atoms with van der Waals surface area (Å²) < 4.78 is 0. The normalized spacial score (nSPS) is 22.8. The summed E-state index contributed by atoms with van der Waals surface area (Å²) >= 11 is 0. The summed E-state index contributed by atoms with van der Waals surface area (Å²) in [7, 11) is 1.51. The standard InChI is InChI=1S/C15H17N5O4/c1-8-5-3-4-6-9(8)16-14-17-12-11(20(14)7-10(21)22)13(23)18-15(24)19(12)2/h3-6,11-12H,7H2,1-2H3,(H,16,17)(H,21,22)(H,18,23,24). The zero-order valence-corrected chi connectivity index (χ0v) is 13.2. The van der Waals surface area contributed by atoms with E-state index >= 15 is 0 Å². The van der Waals surface area contributed by atoms with Crippen molar-refractivity contribution in [2.24, 2.45) is 4.99 Å². The lowest BCUT2D eigenvalue weighted by Crippen LogP contribution is -2.64. The number of carbonyl (C=O) groups is 3. The number of carboxylic acid groups (broad SMARTS) is 1. The molecule has 1 aromatic carbocycles. The molecule has 3 rings (SSSR count). The Morgan fingerprint density at radius 3 is 2.75 bits per heavy atom. The van der Waals surface area contributed by atoms with Crippen molar-refractivity contribution in [2.75, 3.05) is 18.9 Å². The minimum Gasteiger partial charge on any atom is -0.480 e. The largest absolute Gasteiger partial charge is 0.480 e. The highest BCUT2D eigenvalue weighted by atomic mass is 16.4. The van der Waals surface area contributed by atoms with Gasteiger partial charge in [-0.05, 0) is 18.6 Å². The lowest BCUT2D eigenvalue weighted by molar-refractivity contribution is -0.138. The number of carbonyl (C=O) groups excluding carboxylic acids is 2. The van der Waals surface area contributed by atoms with Gasteiger partial charge in [-0.25, -0.2) is 9.79 Å². The van der Waals surface area contributed by atoms with Crippen LogP contribution in [0, 0.1) is 6.92 Å². The summed E-state index contributed by atoms with van der Waals surface area (Å²) in [6.07, 6.45) is -0.767. The average molecular weight is 331 g/mol. The van der Waals surface area contributed by atoms with Crippen molar-refractivity contribution in [3.05, 3.63) is 29.8 Å². The molecule has 1 saturated heterocycles. The molecule has 1 aromatic rings. The van der Waals surface area contributed by atoms with Gasteiger partial charge in [0, 0.05) is 12.7 Å². The lowest BCUT2D eigenvalue weighted by atomic mass is 10.1. The molecule has 9 heteroatoms. The van der Waals surface area contributed by atoms with E-state index in [1.165, 1.54) is 16.8 Å². The van der Waals surface area contributed by atoms with Gasteiger partial charge in [0.1, 0.15) is 6.54 Å². The highest BCUT2D eigenvalue weighted by Crippen LogP contribution is 2.25. The molecule has 2 heterocycles. The van der Waals surface area contributed by atoms with Gasteiger partial charge in [-0.15, -0.1) is 0 Å². The van der Waals surface area contributed by atoms with Crippen molar-refractivity contribution in [3.63, 3.8) is 0 Å². The number of fused-ring (bicyclic) bond motifs is 1. The maximum atomic E-state index is 12.2. The van der Waals surface area contributed by atoms with Crippen LogP contribution in [0.3, 0.4) is 0 Å². The molecule has 3 N–H and O–H groups in total. The van der Waals surface area contributed by atoms with Crippen molar-refractivity contribution in [1.29, 1.82) is 0 Å². The smallest absolute Gasteiger partial charge is 0.325 e. The summed E-state index contributed by atoms with van der Waals surface area (Å²) in [6.45, 7) is 1.49. The summed E-state index contributed by atoms with van der Waals surface area (Å²) in [5.41, 5.74) is 1.69. The second kappa shape index (κ2) is 5.84. The van der Waals surface area contributed by atoms with E-state index in [4.69, 9.17) is 0 Å². The Kier molecular flexibility index (Phi) is 3.84. The van der Waals surface area contributed by atoms with Crippen molar-refractivity contribution in [3.8, 4) is 0 Å². The number of rotatable bonds is 3. The Bertz CT molecular complexity index is 747. The van der Waals surface area contributed by atoms with Crippen LogP contribution in [0.25, 0.3) is 0 Å². The number of hydrogen-bond acceptors (Lipinski definition) is 6. The molecule has 0 bridgehead atoms. The number of likely N-dealkylation sites (N-methyl/N-ethyl adjacent to an activating group) is 1. The molecule has 126 valence electrons. The van der Waals surface area contributed by atoms with Gasteiger partial charge >= 0.3 is 12.0 Å². The number of anilines is 1. The highest BCUT2D eigenvalue weighted by Gasteiger charge is 2.49. The van der Waals surface area contributed by atoms with Crippen molar-refractivity contribution >= 4 is 29.6 Å². The van der Waals surface area contributed by atoms with Crippen LogP contribution in [-0.4, -0.2) is 64.6 Å². The SMILES string of the molecule is Cc1ccccc1NC1=NC2C(C(=O)NC(=O)N2C)N1CC(=O)O. The quantitative estimate of drug-likeness (QED) is 0.720. The van der Waals surface area contributed by atoms with Crippen LogP contribution in [0.15, 0.2) is 29.3 Å². The van der Waals surface area contributed by atoms with E-state index in [0.717, 1.165) is 11.3 Å². The molecule has 0 aliphatic carbocycles. The summed E-state index contributed by atoms with van der Waals surface area (Å²) in [5.74, 6) is -1.41. The van der Waals surface area contributed by atoms with Crippen LogP contribution in [0.5, 0.6) is 0 Å². The number of hydrogen-bond donors (Lipinski definition) is 3. The predicted octanol–water partition coefficient (Wildman–Crippen LogP) is 0.0394. The van der Waals surface area contributed by atoms with Crippen molar-refractivity contribution in [1.82, 2.24) is 15.1 Å². The minimum atomic E-state index is -1.10. The van der Waals surface area contributed by atoms with E-state index in [9.17, 15) is 19.5 Å². The molecule has 3 amide bonds. The summed E-state index contributed by atoms with van der Waals surface area (Å²) in [6, 6.07) is 6.00. The molecular formula is C15H17N5O4. The molecule has 0 spiro atoms. The fourth-order valence-electron chi connectivity index (χ4n) is 2.78. The van der Waals surface area contributed by atoms with Gasteiger partial charge < -0.3 is 20.2 Å². The third-order valence-electron chi connectivity index (χ3n) is 4.06. The zero-order chi connectivity index (χ0) is 17.4. The Labute approximate surface area is 137 Å². The molecule has 1 fully saturated rings. The number of benzene rings is 1. The Morgan fingerprint density at radius 2 is 2.08 bits per heavy atom. The van der Waals surface area contributed by atoms with Gasteiger partial charge in [-0.3, -0.25) is 14.9 Å². The maximum Gasteiger partial charge on any atom is 0.325 e. The number of amides is 3. The van der Waals surface area contributed by atoms with E-state index in [0.29, 0.717) is 0 Å². The number of aliphatic carboxylic acids is 1. The van der Waals surface area contributed by atoms with Gasteiger partial charge in [0.05, 0.1) is 0 Å². The van der Waals surface area contributed by atoms with Crippen LogP contribution in [0.2, 0.25) is 0 Å². The fraction of sp³-hybridized carbons (Fsp3) is 0.333. The van der Waals surface area contributed by atoms with Crippen LogP contribution in [0.1, 0.15) is 5.56 Å². The molecule has 2 aliphatic rings. The van der Waals surface area contributed by atoms with Crippen LogP contribution in [0.4, 0.5) is 10.5 Å². The highest BCUT2D eigenvalue weighted by molar-refractivity contribution is 6.07. The number of imide groups is 1. The molecule has 24 heavy (non-hydrogen) atoms. The topological polar surface area (TPSA) is 114 Å². The number of carboxylic acids is 1. The first-order valence-corrected chi connectivity index (χ1v) is 7.35. The van der Waals surface area contributed by atoms with Gasteiger partial charge in [-0.2, -0.15) is 0 Å². The van der Waals surface area contributed by atoms with E-state index < -0.39 is 36.7 Å².